The Labute approximate surface area is 152 Å². The first-order valence-corrected chi connectivity index (χ1v) is 10.8. The van der Waals surface area contributed by atoms with E-state index in [9.17, 15) is 4.79 Å². The van der Waals surface area contributed by atoms with Crippen molar-refractivity contribution in [1.82, 2.24) is 4.90 Å². The van der Waals surface area contributed by atoms with Crippen LogP contribution in [0.5, 0.6) is 0 Å². The van der Waals surface area contributed by atoms with Gasteiger partial charge < -0.3 is 4.90 Å². The molecular weight excluding hydrogens is 294 g/mol. The number of amides is 1. The second kappa shape index (κ2) is 18.8. The molecule has 0 aromatic heterocycles. The summed E-state index contributed by atoms with van der Waals surface area (Å²) in [5.41, 5.74) is 0. The van der Waals surface area contributed by atoms with Crippen LogP contribution < -0.4 is 0 Å². The number of hydrogen-bond acceptors (Lipinski definition) is 1. The first kappa shape index (κ1) is 23.5. The van der Waals surface area contributed by atoms with Crippen molar-refractivity contribution in [3.8, 4) is 0 Å². The normalized spacial score (nSPS) is 11.0. The van der Waals surface area contributed by atoms with E-state index >= 15 is 0 Å². The Morgan fingerprint density at radius 3 is 1.17 bits per heavy atom. The van der Waals surface area contributed by atoms with Gasteiger partial charge >= 0.3 is 0 Å². The second-order valence-corrected chi connectivity index (χ2v) is 7.33. The van der Waals surface area contributed by atoms with Gasteiger partial charge in [0.2, 0.25) is 5.91 Å². The van der Waals surface area contributed by atoms with Crippen molar-refractivity contribution >= 4 is 5.91 Å². The fraction of sp³-hybridized carbons (Fsp3) is 0.909. The Bertz CT molecular complexity index is 245. The highest BCUT2D eigenvalue weighted by Gasteiger charge is 2.07. The molecule has 0 atom stereocenters. The predicted octanol–water partition coefficient (Wildman–Crippen LogP) is 6.93. The molecule has 0 saturated carbocycles. The molecule has 1 amide bonds. The lowest BCUT2D eigenvalue weighted by molar-refractivity contribution is -0.126. The molecule has 0 aromatic carbocycles. The molecule has 1 radical (unpaired) electrons. The number of carbonyl (C=O) groups excluding carboxylic acids is 1. The highest BCUT2D eigenvalue weighted by atomic mass is 16.2. The number of nitrogens with zero attached hydrogens (tertiary/aromatic N) is 1. The summed E-state index contributed by atoms with van der Waals surface area (Å²) in [5.74, 6) is 0.0147. The fourth-order valence-corrected chi connectivity index (χ4v) is 3.23. The Balaban J connectivity index is 3.49. The second-order valence-electron chi connectivity index (χ2n) is 7.33. The highest BCUT2D eigenvalue weighted by molar-refractivity contribution is 5.80. The minimum Gasteiger partial charge on any atom is -0.343 e. The molecule has 0 aliphatic carbocycles. The fourth-order valence-electron chi connectivity index (χ4n) is 3.23. The molecule has 0 rings (SSSR count). The summed E-state index contributed by atoms with van der Waals surface area (Å²) in [7, 11) is 0. The molecule has 0 saturated heterocycles. The summed E-state index contributed by atoms with van der Waals surface area (Å²) in [5, 5.41) is 0. The lowest BCUT2D eigenvalue weighted by Crippen LogP contribution is -2.31. The summed E-state index contributed by atoms with van der Waals surface area (Å²) >= 11 is 0. The molecule has 0 N–H and O–H groups in total. The van der Waals surface area contributed by atoms with Crippen LogP contribution in [0.4, 0.5) is 0 Å². The Kier molecular flexibility index (Phi) is 18.4. The number of hydrogen-bond donors (Lipinski definition) is 0. The SMILES string of the molecule is [CH2]C(=O)N(CCCCCCCCCC)CCCCCCCCCC. The molecular formula is C22H44NO. The molecule has 0 aliphatic heterocycles. The Morgan fingerprint density at radius 1 is 0.583 bits per heavy atom. The van der Waals surface area contributed by atoms with E-state index < -0.39 is 0 Å². The molecule has 0 fully saturated rings. The summed E-state index contributed by atoms with van der Waals surface area (Å²) in [6, 6.07) is 0. The van der Waals surface area contributed by atoms with Crippen molar-refractivity contribution in [3.63, 3.8) is 0 Å². The van der Waals surface area contributed by atoms with Crippen LogP contribution in [0.25, 0.3) is 0 Å². The van der Waals surface area contributed by atoms with Gasteiger partial charge in [0.25, 0.3) is 0 Å². The van der Waals surface area contributed by atoms with Crippen LogP contribution in [-0.2, 0) is 4.79 Å². The topological polar surface area (TPSA) is 20.3 Å². The van der Waals surface area contributed by atoms with Crippen LogP contribution in [0.3, 0.4) is 0 Å². The van der Waals surface area contributed by atoms with Crippen molar-refractivity contribution in [3.05, 3.63) is 6.92 Å². The maximum Gasteiger partial charge on any atom is 0.223 e. The van der Waals surface area contributed by atoms with Crippen LogP contribution in [0, 0.1) is 6.92 Å². The average molecular weight is 339 g/mol. The molecule has 0 aromatic rings. The third-order valence-electron chi connectivity index (χ3n) is 4.92. The smallest absolute Gasteiger partial charge is 0.223 e. The van der Waals surface area contributed by atoms with Gasteiger partial charge in [-0.25, -0.2) is 0 Å². The van der Waals surface area contributed by atoms with Crippen LogP contribution in [0.2, 0.25) is 0 Å². The van der Waals surface area contributed by atoms with Gasteiger partial charge in [0.15, 0.2) is 0 Å². The first-order valence-electron chi connectivity index (χ1n) is 10.8. The van der Waals surface area contributed by atoms with Crippen LogP contribution >= 0.6 is 0 Å². The van der Waals surface area contributed by atoms with E-state index in [1.54, 1.807) is 0 Å². The van der Waals surface area contributed by atoms with E-state index in [0.717, 1.165) is 25.9 Å². The van der Waals surface area contributed by atoms with Crippen molar-refractivity contribution in [2.24, 2.45) is 0 Å². The minimum absolute atomic E-state index is 0.0147. The van der Waals surface area contributed by atoms with Crippen LogP contribution in [0.15, 0.2) is 0 Å². The van der Waals surface area contributed by atoms with E-state index in [4.69, 9.17) is 0 Å². The molecule has 0 aliphatic rings. The zero-order valence-electron chi connectivity index (χ0n) is 16.8. The van der Waals surface area contributed by atoms with Gasteiger partial charge in [0.05, 0.1) is 0 Å². The van der Waals surface area contributed by atoms with Gasteiger partial charge in [-0.15, -0.1) is 0 Å². The Morgan fingerprint density at radius 2 is 0.875 bits per heavy atom. The molecule has 0 spiro atoms. The van der Waals surface area contributed by atoms with Gasteiger partial charge in [0.1, 0.15) is 0 Å². The third kappa shape index (κ3) is 16.3. The van der Waals surface area contributed by atoms with Gasteiger partial charge in [0, 0.05) is 20.0 Å². The quantitative estimate of drug-likeness (QED) is 0.248. The molecule has 2 heteroatoms. The molecule has 143 valence electrons. The number of rotatable bonds is 18. The van der Waals surface area contributed by atoms with E-state index in [0.29, 0.717) is 0 Å². The summed E-state index contributed by atoms with van der Waals surface area (Å²) in [6.07, 6.45) is 21.1. The van der Waals surface area contributed by atoms with Gasteiger partial charge in [-0.2, -0.15) is 0 Å². The maximum atomic E-state index is 11.6. The lowest BCUT2D eigenvalue weighted by Gasteiger charge is -2.21. The van der Waals surface area contributed by atoms with Crippen molar-refractivity contribution < 1.29 is 4.79 Å². The number of carbonyl (C=O) groups is 1. The van der Waals surface area contributed by atoms with Gasteiger partial charge in [-0.1, -0.05) is 104 Å². The van der Waals surface area contributed by atoms with Crippen molar-refractivity contribution in [2.75, 3.05) is 13.1 Å². The van der Waals surface area contributed by atoms with E-state index in [2.05, 4.69) is 20.8 Å². The average Bonchev–Trinajstić information content (AvgIpc) is 2.57. The van der Waals surface area contributed by atoms with Gasteiger partial charge in [-0.05, 0) is 12.8 Å². The van der Waals surface area contributed by atoms with E-state index in [1.807, 2.05) is 4.90 Å². The molecule has 0 heterocycles. The first-order chi connectivity index (χ1) is 11.7. The van der Waals surface area contributed by atoms with E-state index in [1.165, 1.54) is 89.9 Å². The molecule has 2 nitrogen and oxygen atoms in total. The number of unbranched alkanes of at least 4 members (excludes halogenated alkanes) is 14. The monoisotopic (exact) mass is 338 g/mol. The predicted molar refractivity (Wildman–Crippen MR) is 107 cm³/mol. The molecule has 0 unspecified atom stereocenters. The summed E-state index contributed by atoms with van der Waals surface area (Å²) in [6.45, 7) is 9.97. The minimum atomic E-state index is 0.0147. The third-order valence-corrected chi connectivity index (χ3v) is 4.92. The summed E-state index contributed by atoms with van der Waals surface area (Å²) < 4.78 is 0. The zero-order chi connectivity index (χ0) is 17.9. The molecule has 24 heavy (non-hydrogen) atoms. The van der Waals surface area contributed by atoms with Crippen LogP contribution in [-0.4, -0.2) is 23.9 Å². The zero-order valence-corrected chi connectivity index (χ0v) is 16.8. The standard InChI is InChI=1S/C22H44NO/c1-4-6-8-10-12-14-16-18-20-23(22(3)24)21-19-17-15-13-11-9-7-5-2/h3-21H2,1-2H3. The largest absolute Gasteiger partial charge is 0.343 e. The van der Waals surface area contributed by atoms with Crippen LogP contribution in [0.1, 0.15) is 117 Å². The highest BCUT2D eigenvalue weighted by Crippen LogP contribution is 2.11. The Hall–Kier alpha value is -0.530. The van der Waals surface area contributed by atoms with E-state index in [-0.39, 0.29) is 5.91 Å². The lowest BCUT2D eigenvalue weighted by atomic mass is 10.1. The van der Waals surface area contributed by atoms with Gasteiger partial charge in [-0.3, -0.25) is 4.79 Å². The van der Waals surface area contributed by atoms with Crippen molar-refractivity contribution in [1.29, 1.82) is 0 Å². The molecule has 0 bridgehead atoms. The van der Waals surface area contributed by atoms with Crippen molar-refractivity contribution in [2.45, 2.75) is 117 Å². The maximum absolute atomic E-state index is 11.6. The summed E-state index contributed by atoms with van der Waals surface area (Å²) in [4.78, 5) is 13.6.